The summed E-state index contributed by atoms with van der Waals surface area (Å²) in [4.78, 5) is 0. The van der Waals surface area contributed by atoms with Crippen LogP contribution in [0.4, 0.5) is 0 Å². The summed E-state index contributed by atoms with van der Waals surface area (Å²) < 4.78 is 6.88. The molecular formula is C30H62O. The van der Waals surface area contributed by atoms with Gasteiger partial charge >= 0.3 is 0 Å². The smallest absolute Gasteiger partial charge is 0.0578 e. The summed E-state index contributed by atoms with van der Waals surface area (Å²) in [5.74, 6) is 0. The lowest BCUT2D eigenvalue weighted by molar-refractivity contribution is -0.0324. The van der Waals surface area contributed by atoms with E-state index in [1.165, 1.54) is 154 Å². The second-order valence-corrected chi connectivity index (χ2v) is 10.2. The third-order valence-corrected chi connectivity index (χ3v) is 6.90. The first kappa shape index (κ1) is 31.0. The summed E-state index contributed by atoms with van der Waals surface area (Å²) in [6, 6.07) is 0. The predicted octanol–water partition coefficient (Wildman–Crippen LogP) is 11.2. The molecule has 0 saturated heterocycles. The fourth-order valence-electron chi connectivity index (χ4n) is 4.74. The molecule has 0 N–H and O–H groups in total. The highest BCUT2D eigenvalue weighted by Crippen LogP contribution is 2.23. The lowest BCUT2D eigenvalue weighted by Crippen LogP contribution is -2.23. The highest BCUT2D eigenvalue weighted by molar-refractivity contribution is 4.67. The Kier molecular flexibility index (Phi) is 26.2. The topological polar surface area (TPSA) is 9.23 Å². The first-order valence-corrected chi connectivity index (χ1v) is 14.9. The van der Waals surface area contributed by atoms with Gasteiger partial charge in [0.05, 0.1) is 12.2 Å². The van der Waals surface area contributed by atoms with Crippen LogP contribution in [0.3, 0.4) is 0 Å². The third-order valence-electron chi connectivity index (χ3n) is 6.90. The van der Waals surface area contributed by atoms with E-state index in [2.05, 4.69) is 27.7 Å². The van der Waals surface area contributed by atoms with Gasteiger partial charge in [0.1, 0.15) is 0 Å². The summed E-state index contributed by atoms with van der Waals surface area (Å²) >= 11 is 0. The summed E-state index contributed by atoms with van der Waals surface area (Å²) in [5, 5.41) is 0. The molecule has 0 aliphatic rings. The minimum atomic E-state index is 0.527. The van der Waals surface area contributed by atoms with Crippen molar-refractivity contribution in [1.82, 2.24) is 0 Å². The van der Waals surface area contributed by atoms with Gasteiger partial charge in [-0.15, -0.1) is 0 Å². The zero-order valence-electron chi connectivity index (χ0n) is 22.5. The van der Waals surface area contributed by atoms with Gasteiger partial charge in [-0.3, -0.25) is 0 Å². The summed E-state index contributed by atoms with van der Waals surface area (Å²) in [5.41, 5.74) is 0. The van der Waals surface area contributed by atoms with Crippen LogP contribution in [0, 0.1) is 0 Å². The molecule has 0 saturated carbocycles. The van der Waals surface area contributed by atoms with Crippen LogP contribution >= 0.6 is 0 Å². The normalized spacial score (nSPS) is 11.8. The minimum Gasteiger partial charge on any atom is -0.375 e. The predicted molar refractivity (Wildman–Crippen MR) is 142 cm³/mol. The van der Waals surface area contributed by atoms with Crippen LogP contribution in [0.5, 0.6) is 0 Å². The van der Waals surface area contributed by atoms with Gasteiger partial charge in [0, 0.05) is 0 Å². The molecule has 0 radical (unpaired) electrons. The van der Waals surface area contributed by atoms with Crippen LogP contribution < -0.4 is 0 Å². The van der Waals surface area contributed by atoms with Gasteiger partial charge in [0.15, 0.2) is 0 Å². The molecule has 0 amide bonds. The number of rotatable bonds is 26. The second kappa shape index (κ2) is 26.2. The Bertz CT molecular complexity index is 256. The lowest BCUT2D eigenvalue weighted by Gasteiger charge is -2.26. The van der Waals surface area contributed by atoms with Gasteiger partial charge in [-0.25, -0.2) is 0 Å². The Morgan fingerprint density at radius 3 is 0.774 bits per heavy atom. The highest BCUT2D eigenvalue weighted by atomic mass is 16.5. The fourth-order valence-corrected chi connectivity index (χ4v) is 4.74. The van der Waals surface area contributed by atoms with Crippen molar-refractivity contribution in [2.24, 2.45) is 0 Å². The molecule has 1 nitrogen and oxygen atoms in total. The van der Waals surface area contributed by atoms with Crippen LogP contribution in [0.15, 0.2) is 0 Å². The fraction of sp³-hybridized carbons (Fsp3) is 1.00. The average Bonchev–Trinajstić information content (AvgIpc) is 2.77. The molecule has 0 aromatic heterocycles. The van der Waals surface area contributed by atoms with Crippen LogP contribution in [-0.4, -0.2) is 12.2 Å². The molecule has 0 aromatic rings. The first-order valence-electron chi connectivity index (χ1n) is 14.9. The minimum absolute atomic E-state index is 0.527. The SMILES string of the molecule is CCCCCCCC(CCCCCCC)OC(CCCCCCC)CCCCCCC. The molecule has 0 aliphatic heterocycles. The van der Waals surface area contributed by atoms with Crippen LogP contribution in [0.2, 0.25) is 0 Å². The maximum atomic E-state index is 6.88. The lowest BCUT2D eigenvalue weighted by atomic mass is 10.00. The van der Waals surface area contributed by atoms with Crippen molar-refractivity contribution in [3.8, 4) is 0 Å². The zero-order valence-corrected chi connectivity index (χ0v) is 22.5. The van der Waals surface area contributed by atoms with Gasteiger partial charge < -0.3 is 4.74 Å². The quantitative estimate of drug-likeness (QED) is 0.122. The van der Waals surface area contributed by atoms with E-state index in [1.54, 1.807) is 0 Å². The zero-order chi connectivity index (χ0) is 22.8. The Morgan fingerprint density at radius 1 is 0.323 bits per heavy atom. The molecule has 0 fully saturated rings. The van der Waals surface area contributed by atoms with Crippen molar-refractivity contribution >= 4 is 0 Å². The van der Waals surface area contributed by atoms with Gasteiger partial charge in [-0.05, 0) is 25.7 Å². The van der Waals surface area contributed by atoms with Crippen molar-refractivity contribution in [3.63, 3.8) is 0 Å². The molecular weight excluding hydrogens is 376 g/mol. The van der Waals surface area contributed by atoms with Gasteiger partial charge in [-0.2, -0.15) is 0 Å². The van der Waals surface area contributed by atoms with Gasteiger partial charge in [0.2, 0.25) is 0 Å². The Morgan fingerprint density at radius 2 is 0.548 bits per heavy atom. The first-order chi connectivity index (χ1) is 15.3. The van der Waals surface area contributed by atoms with E-state index < -0.39 is 0 Å². The van der Waals surface area contributed by atoms with Crippen molar-refractivity contribution < 1.29 is 4.74 Å². The van der Waals surface area contributed by atoms with Crippen molar-refractivity contribution in [2.45, 2.75) is 194 Å². The Hall–Kier alpha value is -0.0400. The standard InChI is InChI=1S/C30H62O/c1-5-9-13-17-21-25-29(26-22-18-14-10-6-2)31-30(27-23-19-15-11-7-3)28-24-20-16-12-8-4/h29-30H,5-28H2,1-4H3. The number of unbranched alkanes of at least 4 members (excludes halogenated alkanes) is 16. The molecule has 0 unspecified atom stereocenters. The molecule has 0 aromatic carbocycles. The highest BCUT2D eigenvalue weighted by Gasteiger charge is 2.16. The molecule has 0 spiro atoms. The van der Waals surface area contributed by atoms with E-state index in [-0.39, 0.29) is 0 Å². The van der Waals surface area contributed by atoms with E-state index in [0.29, 0.717) is 12.2 Å². The summed E-state index contributed by atoms with van der Waals surface area (Å²) in [6.45, 7) is 9.25. The number of hydrogen-bond acceptors (Lipinski definition) is 1. The van der Waals surface area contributed by atoms with E-state index in [4.69, 9.17) is 4.74 Å². The molecule has 1 heteroatoms. The maximum Gasteiger partial charge on any atom is 0.0578 e. The van der Waals surface area contributed by atoms with Crippen LogP contribution in [0.25, 0.3) is 0 Å². The molecule has 0 bridgehead atoms. The van der Waals surface area contributed by atoms with Crippen molar-refractivity contribution in [3.05, 3.63) is 0 Å². The van der Waals surface area contributed by atoms with Crippen molar-refractivity contribution in [2.75, 3.05) is 0 Å². The molecule has 31 heavy (non-hydrogen) atoms. The van der Waals surface area contributed by atoms with Crippen LogP contribution in [0.1, 0.15) is 182 Å². The number of ether oxygens (including phenoxy) is 1. The Balaban J connectivity index is 4.51. The largest absolute Gasteiger partial charge is 0.375 e. The van der Waals surface area contributed by atoms with E-state index >= 15 is 0 Å². The average molecular weight is 439 g/mol. The molecule has 0 heterocycles. The maximum absolute atomic E-state index is 6.88. The number of hydrogen-bond donors (Lipinski definition) is 0. The van der Waals surface area contributed by atoms with E-state index in [1.807, 2.05) is 0 Å². The van der Waals surface area contributed by atoms with Gasteiger partial charge in [0.25, 0.3) is 0 Å². The van der Waals surface area contributed by atoms with Crippen molar-refractivity contribution in [1.29, 1.82) is 0 Å². The third kappa shape index (κ3) is 22.9. The monoisotopic (exact) mass is 438 g/mol. The second-order valence-electron chi connectivity index (χ2n) is 10.2. The molecule has 0 aliphatic carbocycles. The van der Waals surface area contributed by atoms with Gasteiger partial charge in [-0.1, -0.05) is 156 Å². The Labute approximate surface area is 198 Å². The van der Waals surface area contributed by atoms with Crippen LogP contribution in [-0.2, 0) is 4.74 Å². The van der Waals surface area contributed by atoms with E-state index in [0.717, 1.165) is 0 Å². The molecule has 0 rings (SSSR count). The molecule has 188 valence electrons. The van der Waals surface area contributed by atoms with E-state index in [9.17, 15) is 0 Å². The summed E-state index contributed by atoms with van der Waals surface area (Å²) in [7, 11) is 0. The molecule has 0 atom stereocenters. The summed E-state index contributed by atoms with van der Waals surface area (Å²) in [6.07, 6.45) is 34.0.